The smallest absolute Gasteiger partial charge is 0.0859 e. The topological polar surface area (TPSA) is 18.8 Å². The van der Waals surface area contributed by atoms with E-state index in [-0.39, 0.29) is 5.41 Å². The summed E-state index contributed by atoms with van der Waals surface area (Å²) < 4.78 is 0. The number of allylic oxidation sites excluding steroid dienone is 4. The van der Waals surface area contributed by atoms with Gasteiger partial charge in [-0.2, -0.15) is 0 Å². The number of rotatable bonds is 12. The average Bonchev–Trinajstić information content (AvgIpc) is 3.36. The number of hydrogen-bond acceptors (Lipinski definition) is 3. The monoisotopic (exact) mass is 667 g/mol. The van der Waals surface area contributed by atoms with Crippen LogP contribution in [0.5, 0.6) is 0 Å². The molecule has 2 atom stereocenters. The summed E-state index contributed by atoms with van der Waals surface area (Å²) in [7, 11) is 0. The van der Waals surface area contributed by atoms with Crippen LogP contribution in [0.4, 0.5) is 34.1 Å². The second-order valence-electron chi connectivity index (χ2n) is 13.9. The molecule has 1 aliphatic carbocycles. The third-order valence-corrected chi connectivity index (χ3v) is 10.3. The molecule has 0 amide bonds. The molecule has 5 aromatic carbocycles. The predicted octanol–water partition coefficient (Wildman–Crippen LogP) is 13.6. The van der Waals surface area contributed by atoms with Crippen LogP contribution in [-0.4, -0.2) is 6.72 Å². The molecule has 0 N–H and O–H groups in total. The van der Waals surface area contributed by atoms with Crippen LogP contribution in [0.15, 0.2) is 152 Å². The fourth-order valence-corrected chi connectivity index (χ4v) is 7.75. The van der Waals surface area contributed by atoms with Crippen LogP contribution in [0.3, 0.4) is 0 Å². The van der Waals surface area contributed by atoms with Gasteiger partial charge in [-0.3, -0.25) is 4.99 Å². The molecule has 5 aromatic rings. The van der Waals surface area contributed by atoms with Crippen molar-refractivity contribution < 1.29 is 0 Å². The second-order valence-corrected chi connectivity index (χ2v) is 13.9. The summed E-state index contributed by atoms with van der Waals surface area (Å²) in [6.07, 6.45) is 12.8. The molecular weight excluding hydrogens is 619 g/mol. The van der Waals surface area contributed by atoms with Crippen molar-refractivity contribution in [1.29, 1.82) is 0 Å². The van der Waals surface area contributed by atoms with Crippen molar-refractivity contribution in [1.82, 2.24) is 0 Å². The van der Waals surface area contributed by atoms with Crippen LogP contribution in [-0.2, 0) is 12.0 Å². The van der Waals surface area contributed by atoms with Gasteiger partial charge in [0.15, 0.2) is 0 Å². The molecule has 0 heterocycles. The summed E-state index contributed by atoms with van der Waals surface area (Å²) in [5.74, 6) is 0.628. The van der Waals surface area contributed by atoms with Crippen molar-refractivity contribution in [2.45, 2.75) is 52.5 Å². The highest BCUT2D eigenvalue weighted by molar-refractivity contribution is 5.81. The van der Waals surface area contributed by atoms with Gasteiger partial charge >= 0.3 is 0 Å². The molecule has 0 fully saturated rings. The van der Waals surface area contributed by atoms with Gasteiger partial charge < -0.3 is 9.80 Å². The molecule has 0 saturated heterocycles. The van der Waals surface area contributed by atoms with Crippen molar-refractivity contribution in [3.8, 4) is 0 Å². The van der Waals surface area contributed by atoms with Crippen molar-refractivity contribution in [3.63, 3.8) is 0 Å². The highest BCUT2D eigenvalue weighted by Gasteiger charge is 2.43. The molecule has 0 aromatic heterocycles. The average molecular weight is 668 g/mol. The number of aryl methyl sites for hydroxylation is 1. The Labute approximate surface area is 305 Å². The van der Waals surface area contributed by atoms with Gasteiger partial charge in [-0.1, -0.05) is 105 Å². The number of benzene rings is 5. The first-order chi connectivity index (χ1) is 24.7. The zero-order valence-electron chi connectivity index (χ0n) is 30.7. The van der Waals surface area contributed by atoms with Gasteiger partial charge in [0.2, 0.25) is 0 Å². The third-order valence-electron chi connectivity index (χ3n) is 10.3. The zero-order chi connectivity index (χ0) is 36.1. The Morgan fingerprint density at radius 1 is 0.745 bits per heavy atom. The van der Waals surface area contributed by atoms with E-state index in [1.54, 1.807) is 0 Å². The largest absolute Gasteiger partial charge is 0.335 e. The van der Waals surface area contributed by atoms with Crippen LogP contribution in [0.25, 0.3) is 12.2 Å². The van der Waals surface area contributed by atoms with Gasteiger partial charge in [-0.15, -0.1) is 6.58 Å². The van der Waals surface area contributed by atoms with E-state index in [4.69, 9.17) is 0 Å². The lowest BCUT2D eigenvalue weighted by Gasteiger charge is -2.30. The van der Waals surface area contributed by atoms with Gasteiger partial charge in [-0.05, 0) is 133 Å². The lowest BCUT2D eigenvalue weighted by molar-refractivity contribution is 0.397. The first-order valence-corrected chi connectivity index (χ1v) is 17.8. The summed E-state index contributed by atoms with van der Waals surface area (Å²) in [5.41, 5.74) is 13.6. The zero-order valence-corrected chi connectivity index (χ0v) is 30.7. The maximum Gasteiger partial charge on any atom is 0.0859 e. The van der Waals surface area contributed by atoms with E-state index in [1.807, 2.05) is 18.2 Å². The van der Waals surface area contributed by atoms with Crippen molar-refractivity contribution in [3.05, 3.63) is 180 Å². The van der Waals surface area contributed by atoms with E-state index in [2.05, 4.69) is 197 Å². The molecule has 51 heavy (non-hydrogen) atoms. The molecule has 1 aliphatic rings. The second kappa shape index (κ2) is 15.1. The summed E-state index contributed by atoms with van der Waals surface area (Å²) in [5, 5.41) is 0. The molecule has 0 saturated carbocycles. The Hall–Kier alpha value is -5.67. The quantitative estimate of drug-likeness (QED) is 0.0974. The first-order valence-electron chi connectivity index (χ1n) is 17.8. The minimum Gasteiger partial charge on any atom is -0.335 e. The van der Waals surface area contributed by atoms with Gasteiger partial charge in [0.1, 0.15) is 0 Å². The molecule has 256 valence electrons. The summed E-state index contributed by atoms with van der Waals surface area (Å²) >= 11 is 0. The predicted molar refractivity (Wildman–Crippen MR) is 223 cm³/mol. The molecular formula is C48H49N3. The van der Waals surface area contributed by atoms with Gasteiger partial charge in [0, 0.05) is 35.2 Å². The van der Waals surface area contributed by atoms with Crippen molar-refractivity contribution >= 4 is 53.0 Å². The normalized spacial score (nSPS) is 16.3. The maximum atomic E-state index is 4.36. The van der Waals surface area contributed by atoms with E-state index < -0.39 is 0 Å². The molecule has 0 bridgehead atoms. The van der Waals surface area contributed by atoms with Crippen LogP contribution in [0.2, 0.25) is 0 Å². The number of aliphatic imine (C=N–C) groups is 1. The number of para-hydroxylation sites is 2. The Bertz CT molecular complexity index is 2110. The van der Waals surface area contributed by atoms with Crippen LogP contribution < -0.4 is 9.80 Å². The Kier molecular flexibility index (Phi) is 10.4. The van der Waals surface area contributed by atoms with Gasteiger partial charge in [0.05, 0.1) is 11.4 Å². The highest BCUT2D eigenvalue weighted by Crippen LogP contribution is 2.53. The molecule has 3 nitrogen and oxygen atoms in total. The van der Waals surface area contributed by atoms with E-state index in [0.29, 0.717) is 18.4 Å². The van der Waals surface area contributed by atoms with Crippen LogP contribution in [0, 0.1) is 12.8 Å². The van der Waals surface area contributed by atoms with E-state index >= 15 is 0 Å². The highest BCUT2D eigenvalue weighted by atomic mass is 15.2. The molecule has 3 heteroatoms. The summed E-state index contributed by atoms with van der Waals surface area (Å²) in [4.78, 5) is 9.06. The lowest BCUT2D eigenvalue weighted by Crippen LogP contribution is -2.24. The number of fused-ring (bicyclic) bond motifs is 1. The fourth-order valence-electron chi connectivity index (χ4n) is 7.75. The van der Waals surface area contributed by atoms with Gasteiger partial charge in [-0.25, -0.2) is 0 Å². The molecule has 2 unspecified atom stereocenters. The SMILES string of the molecule is C=Cc1ccc(N(c2ccc(CN(c3cccc(C)c3)c3ccccc3N=C)cc2)c2ccc3c(c2)C(C)(C)C(C=C)C3/C=C\C)cc1/C=C\C. The van der Waals surface area contributed by atoms with E-state index in [0.717, 1.165) is 45.3 Å². The van der Waals surface area contributed by atoms with E-state index in [1.165, 1.54) is 22.3 Å². The third kappa shape index (κ3) is 6.90. The van der Waals surface area contributed by atoms with Crippen LogP contribution >= 0.6 is 0 Å². The molecule has 0 spiro atoms. The fraction of sp³-hybridized carbons (Fsp3) is 0.188. The number of nitrogens with zero attached hydrogens (tertiary/aromatic N) is 3. The van der Waals surface area contributed by atoms with Crippen molar-refractivity contribution in [2.24, 2.45) is 10.9 Å². The number of anilines is 5. The standard InChI is InChI=1S/C48H49N3/c1-9-16-37-31-40(27-24-36(37)11-3)51(41-28-29-43-42(17-10-2)44(12-4)48(6,7)45(43)32-41)38-25-22-35(23-26-38)33-50(39-19-15-18-34(5)30-39)47-21-14-13-20-46(47)49-8/h9-32,42,44H,3-4,8,33H2,1-2,5-7H3/b16-9-,17-10-. The Morgan fingerprint density at radius 3 is 2.16 bits per heavy atom. The lowest BCUT2D eigenvalue weighted by atomic mass is 9.76. The summed E-state index contributed by atoms with van der Waals surface area (Å²) in [6.45, 7) is 23.9. The molecule has 0 radical (unpaired) electrons. The molecule has 6 rings (SSSR count). The molecule has 0 aliphatic heterocycles. The minimum absolute atomic E-state index is 0.0640. The Balaban J connectivity index is 1.45. The number of hydrogen-bond donors (Lipinski definition) is 0. The first kappa shape index (κ1) is 35.2. The maximum absolute atomic E-state index is 4.36. The Morgan fingerprint density at radius 2 is 1.47 bits per heavy atom. The minimum atomic E-state index is -0.0640. The van der Waals surface area contributed by atoms with Gasteiger partial charge in [0.25, 0.3) is 0 Å². The van der Waals surface area contributed by atoms with E-state index in [9.17, 15) is 0 Å². The van der Waals surface area contributed by atoms with Crippen molar-refractivity contribution in [2.75, 3.05) is 9.80 Å². The summed E-state index contributed by atoms with van der Waals surface area (Å²) in [6, 6.07) is 39.4. The van der Waals surface area contributed by atoms with Crippen LogP contribution in [0.1, 0.15) is 67.0 Å².